The summed E-state index contributed by atoms with van der Waals surface area (Å²) < 4.78 is 5.06. The number of ether oxygens (including phenoxy) is 1. The third-order valence-electron chi connectivity index (χ3n) is 2.15. The molecule has 0 aliphatic carbocycles. The minimum Gasteiger partial charge on any atom is -0.380 e. The smallest absolute Gasteiger partial charge is 0.0617 e. The number of nitrogens with two attached hydrogens (primary N) is 1. The quantitative estimate of drug-likeness (QED) is 0.559. The molecular formula is C9H20N2O. The zero-order chi connectivity index (χ0) is 8.65. The lowest BCUT2D eigenvalue weighted by Gasteiger charge is -2.16. The number of nitrogens with one attached hydrogen (secondary N) is 1. The van der Waals surface area contributed by atoms with Crippen LogP contribution in [0.3, 0.4) is 0 Å². The van der Waals surface area contributed by atoms with Crippen LogP contribution in [0, 0.1) is 0 Å². The predicted molar refractivity (Wildman–Crippen MR) is 50.1 cm³/mol. The molecule has 0 spiro atoms. The van der Waals surface area contributed by atoms with E-state index in [1.165, 1.54) is 25.9 Å². The van der Waals surface area contributed by atoms with E-state index in [9.17, 15) is 0 Å². The van der Waals surface area contributed by atoms with Crippen molar-refractivity contribution in [3.63, 3.8) is 0 Å². The van der Waals surface area contributed by atoms with Crippen molar-refractivity contribution in [1.29, 1.82) is 0 Å². The van der Waals surface area contributed by atoms with E-state index in [0.29, 0.717) is 6.04 Å². The SMILES string of the molecule is C1CCNC1.NC1CCCOC1. The van der Waals surface area contributed by atoms with Gasteiger partial charge in [0.2, 0.25) is 0 Å². The summed E-state index contributed by atoms with van der Waals surface area (Å²) in [6.45, 7) is 4.17. The number of hydrogen-bond donors (Lipinski definition) is 2. The first-order valence-corrected chi connectivity index (χ1v) is 4.93. The van der Waals surface area contributed by atoms with Gasteiger partial charge in [-0.3, -0.25) is 0 Å². The van der Waals surface area contributed by atoms with E-state index >= 15 is 0 Å². The maximum Gasteiger partial charge on any atom is 0.0617 e. The maximum atomic E-state index is 5.51. The van der Waals surface area contributed by atoms with Gasteiger partial charge < -0.3 is 15.8 Å². The minimum absolute atomic E-state index is 0.314. The fourth-order valence-corrected chi connectivity index (χ4v) is 1.39. The Morgan fingerprint density at radius 2 is 1.92 bits per heavy atom. The zero-order valence-corrected chi connectivity index (χ0v) is 7.72. The van der Waals surface area contributed by atoms with Gasteiger partial charge in [0.05, 0.1) is 6.61 Å². The summed E-state index contributed by atoms with van der Waals surface area (Å²) in [5.74, 6) is 0. The molecule has 3 N–H and O–H groups in total. The van der Waals surface area contributed by atoms with E-state index in [1.54, 1.807) is 0 Å². The zero-order valence-electron chi connectivity index (χ0n) is 7.72. The van der Waals surface area contributed by atoms with E-state index in [1.807, 2.05) is 0 Å². The molecule has 0 bridgehead atoms. The molecule has 0 aromatic carbocycles. The molecule has 0 aromatic heterocycles. The molecule has 0 radical (unpaired) electrons. The van der Waals surface area contributed by atoms with Gasteiger partial charge in [0, 0.05) is 12.6 Å². The molecule has 1 atom stereocenters. The molecule has 2 aliphatic heterocycles. The lowest BCUT2D eigenvalue weighted by Crippen LogP contribution is -2.30. The van der Waals surface area contributed by atoms with E-state index < -0.39 is 0 Å². The van der Waals surface area contributed by atoms with Crippen LogP contribution in [0.4, 0.5) is 0 Å². The molecule has 2 fully saturated rings. The van der Waals surface area contributed by atoms with Crippen molar-refractivity contribution >= 4 is 0 Å². The van der Waals surface area contributed by atoms with Crippen LogP contribution in [0.2, 0.25) is 0 Å². The Morgan fingerprint density at radius 1 is 1.17 bits per heavy atom. The van der Waals surface area contributed by atoms with Crippen LogP contribution < -0.4 is 11.1 Å². The van der Waals surface area contributed by atoms with E-state index in [-0.39, 0.29) is 0 Å². The van der Waals surface area contributed by atoms with Crippen LogP contribution in [-0.2, 0) is 4.74 Å². The highest BCUT2D eigenvalue weighted by Gasteiger charge is 2.06. The van der Waals surface area contributed by atoms with Gasteiger partial charge in [0.15, 0.2) is 0 Å². The number of rotatable bonds is 0. The largest absolute Gasteiger partial charge is 0.380 e. The van der Waals surface area contributed by atoms with Gasteiger partial charge in [-0.1, -0.05) is 0 Å². The van der Waals surface area contributed by atoms with Crippen molar-refractivity contribution in [2.75, 3.05) is 26.3 Å². The van der Waals surface area contributed by atoms with Gasteiger partial charge in [-0.2, -0.15) is 0 Å². The van der Waals surface area contributed by atoms with Crippen molar-refractivity contribution in [3.8, 4) is 0 Å². The third-order valence-corrected chi connectivity index (χ3v) is 2.15. The minimum atomic E-state index is 0.314. The van der Waals surface area contributed by atoms with Crippen molar-refractivity contribution in [3.05, 3.63) is 0 Å². The van der Waals surface area contributed by atoms with Gasteiger partial charge in [-0.15, -0.1) is 0 Å². The van der Waals surface area contributed by atoms with Crippen molar-refractivity contribution in [2.24, 2.45) is 5.73 Å². The van der Waals surface area contributed by atoms with Crippen LogP contribution in [0.1, 0.15) is 25.7 Å². The van der Waals surface area contributed by atoms with Crippen LogP contribution in [0.25, 0.3) is 0 Å². The highest BCUT2D eigenvalue weighted by molar-refractivity contribution is 4.63. The molecule has 3 nitrogen and oxygen atoms in total. The Bertz CT molecular complexity index is 91.1. The van der Waals surface area contributed by atoms with Gasteiger partial charge in [-0.25, -0.2) is 0 Å². The summed E-state index contributed by atoms with van der Waals surface area (Å²) in [6.07, 6.45) is 5.06. The van der Waals surface area contributed by atoms with Gasteiger partial charge >= 0.3 is 0 Å². The van der Waals surface area contributed by atoms with Crippen LogP contribution in [-0.4, -0.2) is 32.3 Å². The molecule has 0 saturated carbocycles. The van der Waals surface area contributed by atoms with E-state index in [0.717, 1.165) is 26.1 Å². The fourth-order valence-electron chi connectivity index (χ4n) is 1.39. The average molecular weight is 172 g/mol. The predicted octanol–water partition coefficient (Wildman–Crippen LogP) is 0.494. The van der Waals surface area contributed by atoms with Gasteiger partial charge in [0.1, 0.15) is 0 Å². The first kappa shape index (κ1) is 9.96. The molecular weight excluding hydrogens is 152 g/mol. The van der Waals surface area contributed by atoms with Crippen molar-refractivity contribution < 1.29 is 4.74 Å². The Balaban J connectivity index is 0.000000127. The second-order valence-electron chi connectivity index (χ2n) is 3.43. The highest BCUT2D eigenvalue weighted by atomic mass is 16.5. The number of hydrogen-bond acceptors (Lipinski definition) is 3. The molecule has 0 amide bonds. The Labute approximate surface area is 74.7 Å². The average Bonchev–Trinajstić information content (AvgIpc) is 2.62. The van der Waals surface area contributed by atoms with E-state index in [2.05, 4.69) is 5.32 Å². The van der Waals surface area contributed by atoms with Crippen LogP contribution >= 0.6 is 0 Å². The van der Waals surface area contributed by atoms with E-state index in [4.69, 9.17) is 10.5 Å². The molecule has 1 unspecified atom stereocenters. The summed E-state index contributed by atoms with van der Waals surface area (Å²) in [7, 11) is 0. The molecule has 2 saturated heterocycles. The third kappa shape index (κ3) is 4.70. The van der Waals surface area contributed by atoms with Gasteiger partial charge in [-0.05, 0) is 38.8 Å². The van der Waals surface area contributed by atoms with Crippen LogP contribution in [0.5, 0.6) is 0 Å². The second kappa shape index (κ2) is 6.40. The lowest BCUT2D eigenvalue weighted by atomic mass is 10.1. The standard InChI is InChI=1S/C5H11NO.C4H9N/c6-5-2-1-3-7-4-5;1-2-4-5-3-1/h5H,1-4,6H2;5H,1-4H2. The second-order valence-corrected chi connectivity index (χ2v) is 3.43. The Hall–Kier alpha value is -0.120. The molecule has 2 rings (SSSR count). The Morgan fingerprint density at radius 3 is 2.17 bits per heavy atom. The summed E-state index contributed by atoms with van der Waals surface area (Å²) >= 11 is 0. The molecule has 0 aromatic rings. The fraction of sp³-hybridized carbons (Fsp3) is 1.00. The van der Waals surface area contributed by atoms with Crippen LogP contribution in [0.15, 0.2) is 0 Å². The van der Waals surface area contributed by atoms with Crippen molar-refractivity contribution in [2.45, 2.75) is 31.7 Å². The monoisotopic (exact) mass is 172 g/mol. The first-order valence-electron chi connectivity index (χ1n) is 4.93. The summed E-state index contributed by atoms with van der Waals surface area (Å²) in [4.78, 5) is 0. The molecule has 12 heavy (non-hydrogen) atoms. The normalized spacial score (nSPS) is 29.2. The Kier molecular flexibility index (Phi) is 5.32. The topological polar surface area (TPSA) is 47.3 Å². The summed E-state index contributed by atoms with van der Waals surface area (Å²) in [5, 5.41) is 3.22. The maximum absolute atomic E-state index is 5.51. The molecule has 3 heteroatoms. The summed E-state index contributed by atoms with van der Waals surface area (Å²) in [6, 6.07) is 0.314. The molecule has 2 aliphatic rings. The van der Waals surface area contributed by atoms with Crippen molar-refractivity contribution in [1.82, 2.24) is 5.32 Å². The van der Waals surface area contributed by atoms with Gasteiger partial charge in [0.25, 0.3) is 0 Å². The lowest BCUT2D eigenvalue weighted by molar-refractivity contribution is 0.0822. The molecule has 2 heterocycles. The first-order chi connectivity index (χ1) is 5.89. The molecule has 72 valence electrons. The summed E-state index contributed by atoms with van der Waals surface area (Å²) in [5.41, 5.74) is 5.51. The highest BCUT2D eigenvalue weighted by Crippen LogP contribution is 2.01.